The molecule has 0 bridgehead atoms. The minimum atomic E-state index is -0.475. The van der Waals surface area contributed by atoms with Gasteiger partial charge >= 0.3 is 0 Å². The number of benzene rings is 6. The zero-order valence-corrected chi connectivity index (χ0v) is 30.9. The number of aromatic hydroxyl groups is 4. The van der Waals surface area contributed by atoms with Gasteiger partial charge < -0.3 is 20.4 Å². The molecule has 0 atom stereocenters. The lowest BCUT2D eigenvalue weighted by Crippen LogP contribution is -2.13. The number of hydrogen-bond donors (Lipinski definition) is 4. The zero-order chi connectivity index (χ0) is 36.7. The van der Waals surface area contributed by atoms with Crippen molar-refractivity contribution >= 4 is 0 Å². The molecule has 0 saturated heterocycles. The van der Waals surface area contributed by atoms with E-state index in [2.05, 4.69) is 62.4 Å². The zero-order valence-electron chi connectivity index (χ0n) is 30.9. The Morgan fingerprint density at radius 1 is 0.412 bits per heavy atom. The van der Waals surface area contributed by atoms with Crippen molar-refractivity contribution in [3.8, 4) is 34.1 Å². The number of aryl methyl sites for hydroxylation is 6. The summed E-state index contributed by atoms with van der Waals surface area (Å²) in [6.45, 7) is 15.9. The van der Waals surface area contributed by atoms with Crippen molar-refractivity contribution in [1.29, 1.82) is 0 Å². The first-order valence-electron chi connectivity index (χ1n) is 17.6. The summed E-state index contributed by atoms with van der Waals surface area (Å²) < 4.78 is 0. The van der Waals surface area contributed by atoms with E-state index < -0.39 is 5.92 Å². The van der Waals surface area contributed by atoms with E-state index in [9.17, 15) is 20.4 Å². The van der Waals surface area contributed by atoms with E-state index in [0.717, 1.165) is 94.6 Å². The fraction of sp³-hybridized carbons (Fsp3) is 0.234. The van der Waals surface area contributed by atoms with Crippen LogP contribution < -0.4 is 0 Å². The number of phenols is 4. The standard InChI is InChI=1S/C47H48O4/c1-26-22-41(48)28(3)18-37(26)24-39-20-30(5)46(50)43(32(39)7)45(36-16-14-35(15-17-36)34-12-10-9-11-13-34)44-33(8)40(21-31(6)47(44)51)25-38-19-29(4)42(49)23-27(38)2/h9-23,45,48-51H,24-25H2,1-8H3. The highest BCUT2D eigenvalue weighted by Crippen LogP contribution is 2.48. The van der Waals surface area contributed by atoms with E-state index in [1.165, 1.54) is 0 Å². The van der Waals surface area contributed by atoms with Crippen LogP contribution >= 0.6 is 0 Å². The Bertz CT molecular complexity index is 2140. The number of rotatable bonds is 8. The van der Waals surface area contributed by atoms with E-state index in [1.54, 1.807) is 0 Å². The molecule has 0 unspecified atom stereocenters. The van der Waals surface area contributed by atoms with Gasteiger partial charge in [0.05, 0.1) is 0 Å². The second kappa shape index (κ2) is 14.0. The molecule has 0 aliphatic heterocycles. The fourth-order valence-electron chi connectivity index (χ4n) is 7.56. The maximum atomic E-state index is 12.0. The first-order chi connectivity index (χ1) is 24.2. The van der Waals surface area contributed by atoms with Crippen LogP contribution in [0.4, 0.5) is 0 Å². The van der Waals surface area contributed by atoms with Gasteiger partial charge in [0.15, 0.2) is 0 Å². The van der Waals surface area contributed by atoms with Crippen molar-refractivity contribution in [1.82, 2.24) is 0 Å². The van der Waals surface area contributed by atoms with Crippen LogP contribution in [0.2, 0.25) is 0 Å². The van der Waals surface area contributed by atoms with Crippen molar-refractivity contribution in [2.24, 2.45) is 0 Å². The van der Waals surface area contributed by atoms with Crippen LogP contribution in [0.25, 0.3) is 11.1 Å². The van der Waals surface area contributed by atoms with E-state index in [4.69, 9.17) is 0 Å². The van der Waals surface area contributed by atoms with Gasteiger partial charge in [0, 0.05) is 17.0 Å². The van der Waals surface area contributed by atoms with Gasteiger partial charge in [-0.25, -0.2) is 0 Å². The van der Waals surface area contributed by atoms with Crippen LogP contribution in [0.3, 0.4) is 0 Å². The normalized spacial score (nSPS) is 11.4. The van der Waals surface area contributed by atoms with Crippen LogP contribution in [0.1, 0.15) is 89.4 Å². The molecular formula is C47H48O4. The Morgan fingerprint density at radius 2 is 0.804 bits per heavy atom. The highest BCUT2D eigenvalue weighted by molar-refractivity contribution is 5.67. The molecule has 6 aromatic rings. The maximum Gasteiger partial charge on any atom is 0.122 e. The third-order valence-electron chi connectivity index (χ3n) is 10.8. The summed E-state index contributed by atoms with van der Waals surface area (Å²) in [5.74, 6) is 0.539. The molecule has 6 aromatic carbocycles. The Hall–Kier alpha value is -5.48. The third-order valence-corrected chi connectivity index (χ3v) is 10.8. The van der Waals surface area contributed by atoms with Crippen LogP contribution in [-0.4, -0.2) is 20.4 Å². The molecule has 0 fully saturated rings. The lowest BCUT2D eigenvalue weighted by atomic mass is 9.76. The molecule has 0 aliphatic carbocycles. The SMILES string of the molecule is Cc1cc(Cc2cc(C)c(O)c(C(c3ccc(-c4ccccc4)cc3)c3c(C)c(Cc4cc(C)c(O)cc4C)cc(C)c3O)c2C)c(C)cc1O. The molecule has 6 rings (SSSR count). The number of phenolic OH excluding ortho intramolecular Hbond substituents is 4. The Balaban J connectivity index is 1.59. The topological polar surface area (TPSA) is 80.9 Å². The average Bonchev–Trinajstić information content (AvgIpc) is 3.10. The fourth-order valence-corrected chi connectivity index (χ4v) is 7.56. The molecule has 0 amide bonds. The Kier molecular flexibility index (Phi) is 9.73. The minimum Gasteiger partial charge on any atom is -0.508 e. The van der Waals surface area contributed by atoms with Gasteiger partial charge in [0.1, 0.15) is 23.0 Å². The van der Waals surface area contributed by atoms with Gasteiger partial charge in [-0.2, -0.15) is 0 Å². The molecule has 51 heavy (non-hydrogen) atoms. The lowest BCUT2D eigenvalue weighted by molar-refractivity contribution is 0.452. The van der Waals surface area contributed by atoms with Gasteiger partial charge in [-0.15, -0.1) is 0 Å². The van der Waals surface area contributed by atoms with Gasteiger partial charge in [-0.3, -0.25) is 0 Å². The summed E-state index contributed by atoms with van der Waals surface area (Å²) in [6.07, 6.45) is 1.27. The molecule has 0 radical (unpaired) electrons. The molecule has 4 nitrogen and oxygen atoms in total. The van der Waals surface area contributed by atoms with Crippen LogP contribution in [0, 0.1) is 55.4 Å². The summed E-state index contributed by atoms with van der Waals surface area (Å²) in [6, 6.07) is 30.6. The molecule has 0 aromatic heterocycles. The molecule has 4 heteroatoms. The van der Waals surface area contributed by atoms with E-state index in [-0.39, 0.29) is 23.0 Å². The summed E-state index contributed by atoms with van der Waals surface area (Å²) >= 11 is 0. The Morgan fingerprint density at radius 3 is 1.24 bits per heavy atom. The van der Waals surface area contributed by atoms with E-state index in [0.29, 0.717) is 12.8 Å². The highest BCUT2D eigenvalue weighted by Gasteiger charge is 2.30. The van der Waals surface area contributed by atoms with E-state index >= 15 is 0 Å². The monoisotopic (exact) mass is 676 g/mol. The van der Waals surface area contributed by atoms with Gasteiger partial charge in [-0.1, -0.05) is 78.9 Å². The molecule has 260 valence electrons. The summed E-state index contributed by atoms with van der Waals surface area (Å²) in [7, 11) is 0. The first kappa shape index (κ1) is 35.3. The molecule has 0 heterocycles. The molecule has 4 N–H and O–H groups in total. The lowest BCUT2D eigenvalue weighted by Gasteiger charge is -2.29. The van der Waals surface area contributed by atoms with Crippen molar-refractivity contribution in [3.05, 3.63) is 174 Å². The Labute approximate surface area is 302 Å². The predicted molar refractivity (Wildman–Crippen MR) is 209 cm³/mol. The second-order valence-corrected chi connectivity index (χ2v) is 14.4. The van der Waals surface area contributed by atoms with Gasteiger partial charge in [0.2, 0.25) is 0 Å². The van der Waals surface area contributed by atoms with Crippen molar-refractivity contribution in [2.75, 3.05) is 0 Å². The largest absolute Gasteiger partial charge is 0.508 e. The molecule has 0 aliphatic rings. The average molecular weight is 677 g/mol. The number of hydrogen-bond acceptors (Lipinski definition) is 4. The third kappa shape index (κ3) is 6.83. The summed E-state index contributed by atoms with van der Waals surface area (Å²) in [4.78, 5) is 0. The first-order valence-corrected chi connectivity index (χ1v) is 17.6. The quantitative estimate of drug-likeness (QED) is 0.121. The molecule has 0 saturated carbocycles. The molecular weight excluding hydrogens is 629 g/mol. The van der Waals surface area contributed by atoms with Crippen molar-refractivity contribution in [2.45, 2.75) is 74.1 Å². The second-order valence-electron chi connectivity index (χ2n) is 14.4. The predicted octanol–water partition coefficient (Wildman–Crippen LogP) is 11.0. The summed E-state index contributed by atoms with van der Waals surface area (Å²) in [5, 5.41) is 44.8. The van der Waals surface area contributed by atoms with Gasteiger partial charge in [0.25, 0.3) is 0 Å². The summed E-state index contributed by atoms with van der Waals surface area (Å²) in [5.41, 5.74) is 16.3. The van der Waals surface area contributed by atoms with Crippen LogP contribution in [-0.2, 0) is 12.8 Å². The smallest absolute Gasteiger partial charge is 0.122 e. The van der Waals surface area contributed by atoms with Crippen molar-refractivity contribution < 1.29 is 20.4 Å². The van der Waals surface area contributed by atoms with Crippen molar-refractivity contribution in [3.63, 3.8) is 0 Å². The van der Waals surface area contributed by atoms with Crippen LogP contribution in [0.5, 0.6) is 23.0 Å². The van der Waals surface area contributed by atoms with E-state index in [1.807, 2.05) is 84.0 Å². The maximum absolute atomic E-state index is 12.0. The van der Waals surface area contributed by atoms with Gasteiger partial charge in [-0.05, 0) is 164 Å². The highest BCUT2D eigenvalue weighted by atomic mass is 16.3. The van der Waals surface area contributed by atoms with Crippen LogP contribution in [0.15, 0.2) is 91.0 Å². The minimum absolute atomic E-state index is 0.221. The molecule has 0 spiro atoms.